The van der Waals surface area contributed by atoms with Crippen molar-refractivity contribution < 1.29 is 0 Å². The summed E-state index contributed by atoms with van der Waals surface area (Å²) >= 11 is 6.96. The van der Waals surface area contributed by atoms with Crippen LogP contribution in [0.25, 0.3) is 0 Å². The Labute approximate surface area is 117 Å². The standard InChI is InChI=1S/C12H13Br2N3/c1-7-3-4-8(13)5-9(7)11(15)12-10(14)6-16-17(12)2/h3-6,11H,15H2,1-2H3. The zero-order valence-electron chi connectivity index (χ0n) is 9.61. The van der Waals surface area contributed by atoms with Crippen molar-refractivity contribution in [1.29, 1.82) is 0 Å². The predicted octanol–water partition coefficient (Wildman–Crippen LogP) is 3.30. The Morgan fingerprint density at radius 1 is 1.35 bits per heavy atom. The SMILES string of the molecule is Cc1ccc(Br)cc1C(N)c1c(Br)cnn1C. The number of hydrogen-bond acceptors (Lipinski definition) is 2. The second-order valence-electron chi connectivity index (χ2n) is 3.98. The van der Waals surface area contributed by atoms with Crippen molar-refractivity contribution in [2.45, 2.75) is 13.0 Å². The van der Waals surface area contributed by atoms with Crippen molar-refractivity contribution in [2.24, 2.45) is 12.8 Å². The molecule has 0 aliphatic rings. The average molecular weight is 359 g/mol. The molecular weight excluding hydrogens is 346 g/mol. The normalized spacial score (nSPS) is 12.8. The lowest BCUT2D eigenvalue weighted by molar-refractivity contribution is 0.669. The van der Waals surface area contributed by atoms with Crippen molar-refractivity contribution in [3.63, 3.8) is 0 Å². The van der Waals surface area contributed by atoms with Crippen LogP contribution in [0, 0.1) is 6.92 Å². The van der Waals surface area contributed by atoms with Gasteiger partial charge in [0.15, 0.2) is 0 Å². The molecule has 0 aliphatic heterocycles. The lowest BCUT2D eigenvalue weighted by Crippen LogP contribution is -2.17. The Morgan fingerprint density at radius 2 is 2.06 bits per heavy atom. The van der Waals surface area contributed by atoms with E-state index in [1.54, 1.807) is 10.9 Å². The van der Waals surface area contributed by atoms with Gasteiger partial charge in [0.2, 0.25) is 0 Å². The topological polar surface area (TPSA) is 43.8 Å². The number of nitrogens with two attached hydrogens (primary N) is 1. The van der Waals surface area contributed by atoms with E-state index in [4.69, 9.17) is 5.73 Å². The summed E-state index contributed by atoms with van der Waals surface area (Å²) in [6.07, 6.45) is 1.77. The van der Waals surface area contributed by atoms with Gasteiger partial charge in [-0.15, -0.1) is 0 Å². The molecule has 5 heteroatoms. The molecular formula is C12H13Br2N3. The fraction of sp³-hybridized carbons (Fsp3) is 0.250. The minimum absolute atomic E-state index is 0.186. The van der Waals surface area contributed by atoms with E-state index in [1.165, 1.54) is 5.56 Å². The second kappa shape index (κ2) is 4.92. The number of aryl methyl sites for hydroxylation is 2. The van der Waals surface area contributed by atoms with Crippen LogP contribution in [0.4, 0.5) is 0 Å². The van der Waals surface area contributed by atoms with Crippen LogP contribution in [0.15, 0.2) is 33.3 Å². The fourth-order valence-electron chi connectivity index (χ4n) is 1.86. The van der Waals surface area contributed by atoms with Gasteiger partial charge in [0.1, 0.15) is 0 Å². The first-order chi connectivity index (χ1) is 8.00. The van der Waals surface area contributed by atoms with Crippen LogP contribution in [0.1, 0.15) is 22.9 Å². The highest BCUT2D eigenvalue weighted by Gasteiger charge is 2.18. The van der Waals surface area contributed by atoms with Crippen LogP contribution >= 0.6 is 31.9 Å². The van der Waals surface area contributed by atoms with Gasteiger partial charge in [-0.1, -0.05) is 22.0 Å². The molecule has 90 valence electrons. The van der Waals surface area contributed by atoms with Crippen LogP contribution in [0.5, 0.6) is 0 Å². The molecule has 1 unspecified atom stereocenters. The summed E-state index contributed by atoms with van der Waals surface area (Å²) in [5.74, 6) is 0. The van der Waals surface area contributed by atoms with Crippen LogP contribution in [-0.2, 0) is 7.05 Å². The Hall–Kier alpha value is -0.650. The number of halogens is 2. The Kier molecular flexibility index (Phi) is 3.70. The van der Waals surface area contributed by atoms with Crippen molar-refractivity contribution in [3.8, 4) is 0 Å². The lowest BCUT2D eigenvalue weighted by Gasteiger charge is -2.16. The van der Waals surface area contributed by atoms with E-state index in [0.29, 0.717) is 0 Å². The molecule has 17 heavy (non-hydrogen) atoms. The predicted molar refractivity (Wildman–Crippen MR) is 75.8 cm³/mol. The second-order valence-corrected chi connectivity index (χ2v) is 5.75. The van der Waals surface area contributed by atoms with Crippen molar-refractivity contribution in [3.05, 3.63) is 50.2 Å². The van der Waals surface area contributed by atoms with Gasteiger partial charge in [-0.3, -0.25) is 4.68 Å². The minimum Gasteiger partial charge on any atom is -0.319 e. The third-order valence-corrected chi connectivity index (χ3v) is 3.91. The molecule has 1 heterocycles. The van der Waals surface area contributed by atoms with Gasteiger partial charge in [-0.25, -0.2) is 0 Å². The van der Waals surface area contributed by atoms with E-state index in [9.17, 15) is 0 Å². The van der Waals surface area contributed by atoms with Crippen LogP contribution in [0.3, 0.4) is 0 Å². The first-order valence-corrected chi connectivity index (χ1v) is 6.78. The zero-order valence-corrected chi connectivity index (χ0v) is 12.8. The summed E-state index contributed by atoms with van der Waals surface area (Å²) in [6.45, 7) is 2.06. The summed E-state index contributed by atoms with van der Waals surface area (Å²) in [4.78, 5) is 0. The molecule has 0 bridgehead atoms. The molecule has 0 saturated carbocycles. The van der Waals surface area contributed by atoms with E-state index in [0.717, 1.165) is 20.2 Å². The van der Waals surface area contributed by atoms with Crippen molar-refractivity contribution in [2.75, 3.05) is 0 Å². The fourth-order valence-corrected chi connectivity index (χ4v) is 2.84. The molecule has 0 saturated heterocycles. The van der Waals surface area contributed by atoms with Gasteiger partial charge in [-0.05, 0) is 46.1 Å². The number of nitrogens with zero attached hydrogens (tertiary/aromatic N) is 2. The molecule has 1 aromatic carbocycles. The molecule has 2 N–H and O–H groups in total. The quantitative estimate of drug-likeness (QED) is 0.895. The first kappa shape index (κ1) is 12.8. The van der Waals surface area contributed by atoms with Gasteiger partial charge in [0, 0.05) is 11.5 Å². The van der Waals surface area contributed by atoms with E-state index in [1.807, 2.05) is 13.1 Å². The Balaban J connectivity index is 2.50. The number of rotatable bonds is 2. The van der Waals surface area contributed by atoms with Gasteiger partial charge >= 0.3 is 0 Å². The van der Waals surface area contributed by atoms with Gasteiger partial charge in [-0.2, -0.15) is 5.10 Å². The van der Waals surface area contributed by atoms with Crippen LogP contribution in [0.2, 0.25) is 0 Å². The highest BCUT2D eigenvalue weighted by molar-refractivity contribution is 9.10. The molecule has 0 spiro atoms. The average Bonchev–Trinajstić information content (AvgIpc) is 2.61. The molecule has 0 radical (unpaired) electrons. The summed E-state index contributed by atoms with van der Waals surface area (Å²) in [5.41, 5.74) is 9.57. The molecule has 1 atom stereocenters. The zero-order chi connectivity index (χ0) is 12.6. The van der Waals surface area contributed by atoms with Gasteiger partial charge < -0.3 is 5.73 Å². The van der Waals surface area contributed by atoms with E-state index in [2.05, 4.69) is 56.0 Å². The first-order valence-electron chi connectivity index (χ1n) is 5.19. The number of hydrogen-bond donors (Lipinski definition) is 1. The van der Waals surface area contributed by atoms with Crippen molar-refractivity contribution in [1.82, 2.24) is 9.78 Å². The Bertz CT molecular complexity index is 529. The maximum atomic E-state index is 6.32. The monoisotopic (exact) mass is 357 g/mol. The van der Waals surface area contributed by atoms with Crippen LogP contribution < -0.4 is 5.73 Å². The van der Waals surface area contributed by atoms with Gasteiger partial charge in [0.25, 0.3) is 0 Å². The largest absolute Gasteiger partial charge is 0.319 e. The molecule has 0 amide bonds. The highest BCUT2D eigenvalue weighted by atomic mass is 79.9. The highest BCUT2D eigenvalue weighted by Crippen LogP contribution is 2.29. The number of benzene rings is 1. The Morgan fingerprint density at radius 3 is 2.65 bits per heavy atom. The summed E-state index contributed by atoms with van der Waals surface area (Å²) < 4.78 is 3.77. The molecule has 2 aromatic rings. The van der Waals surface area contributed by atoms with E-state index >= 15 is 0 Å². The third-order valence-electron chi connectivity index (χ3n) is 2.81. The summed E-state index contributed by atoms with van der Waals surface area (Å²) in [6, 6.07) is 5.95. The summed E-state index contributed by atoms with van der Waals surface area (Å²) in [7, 11) is 1.90. The third kappa shape index (κ3) is 2.46. The smallest absolute Gasteiger partial charge is 0.0737 e. The molecule has 0 fully saturated rings. The maximum Gasteiger partial charge on any atom is 0.0737 e. The maximum absolute atomic E-state index is 6.32. The van der Waals surface area contributed by atoms with Crippen LogP contribution in [-0.4, -0.2) is 9.78 Å². The molecule has 0 aliphatic carbocycles. The minimum atomic E-state index is -0.186. The molecule has 1 aromatic heterocycles. The lowest BCUT2D eigenvalue weighted by atomic mass is 10.00. The summed E-state index contributed by atoms with van der Waals surface area (Å²) in [5, 5.41) is 4.19. The van der Waals surface area contributed by atoms with E-state index in [-0.39, 0.29) is 6.04 Å². The van der Waals surface area contributed by atoms with Crippen molar-refractivity contribution >= 4 is 31.9 Å². The number of aromatic nitrogens is 2. The molecule has 2 rings (SSSR count). The van der Waals surface area contributed by atoms with E-state index < -0.39 is 0 Å². The molecule has 3 nitrogen and oxygen atoms in total. The van der Waals surface area contributed by atoms with Gasteiger partial charge in [0.05, 0.1) is 22.4 Å².